The number of para-hydroxylation sites is 1. The molecule has 11 aromatic rings. The van der Waals surface area contributed by atoms with Crippen molar-refractivity contribution in [2.45, 2.75) is 0 Å². The second-order valence-corrected chi connectivity index (χ2v) is 15.7. The first kappa shape index (κ1) is 36.1. The molecule has 0 aromatic heterocycles. The van der Waals surface area contributed by atoms with Crippen LogP contribution >= 0.6 is 0 Å². The van der Waals surface area contributed by atoms with Crippen LogP contribution in [0.15, 0.2) is 249 Å². The summed E-state index contributed by atoms with van der Waals surface area (Å²) in [5.41, 5.74) is 15.1. The molecule has 1 heteroatoms. The fourth-order valence-corrected chi connectivity index (χ4v) is 9.01. The predicted octanol–water partition coefficient (Wildman–Crippen LogP) is 17.0. The summed E-state index contributed by atoms with van der Waals surface area (Å²) in [7, 11) is 0. The summed E-state index contributed by atoms with van der Waals surface area (Å²) in [4.78, 5) is 2.47. The minimum atomic E-state index is 1.08. The van der Waals surface area contributed by atoms with E-state index in [1.165, 1.54) is 65.7 Å². The molecule has 0 N–H and O–H groups in total. The number of hydrogen-bond donors (Lipinski definition) is 0. The fraction of sp³-hybridized carbons (Fsp3) is 0. The topological polar surface area (TPSA) is 3.24 Å². The van der Waals surface area contributed by atoms with E-state index in [0.717, 1.165) is 39.3 Å². The maximum atomic E-state index is 2.47. The zero-order chi connectivity index (χ0) is 40.5. The van der Waals surface area contributed by atoms with Crippen molar-refractivity contribution in [1.29, 1.82) is 0 Å². The van der Waals surface area contributed by atoms with Crippen LogP contribution in [-0.4, -0.2) is 0 Å². The van der Waals surface area contributed by atoms with Gasteiger partial charge in [-0.3, -0.25) is 0 Å². The van der Waals surface area contributed by atoms with Crippen molar-refractivity contribution < 1.29 is 0 Å². The Morgan fingerprint density at radius 2 is 0.689 bits per heavy atom. The maximum absolute atomic E-state index is 2.47. The molecule has 0 spiro atoms. The van der Waals surface area contributed by atoms with Gasteiger partial charge in [-0.15, -0.1) is 0 Å². The normalized spacial score (nSPS) is 11.3. The smallest absolute Gasteiger partial charge is 0.0546 e. The SMILES string of the molecule is c1ccc(-c2ccc(-c3ccccc3N(c3ccc(-c4ccc5c(ccc6ccccc65)c4)cc3)c3cc(-c4cccc5ccccc45)ccc3-c3ccccc3)cc2)cc1. The molecule has 0 aliphatic heterocycles. The van der Waals surface area contributed by atoms with Crippen LogP contribution in [0.1, 0.15) is 0 Å². The number of nitrogens with zero attached hydrogens (tertiary/aromatic N) is 1. The van der Waals surface area contributed by atoms with E-state index in [9.17, 15) is 0 Å². The zero-order valence-corrected chi connectivity index (χ0v) is 33.6. The van der Waals surface area contributed by atoms with Crippen LogP contribution in [0.25, 0.3) is 88.0 Å². The summed E-state index contributed by atoms with van der Waals surface area (Å²) in [5, 5.41) is 7.53. The monoisotopic (exact) mass is 775 g/mol. The summed E-state index contributed by atoms with van der Waals surface area (Å²) in [6.45, 7) is 0. The quantitative estimate of drug-likeness (QED) is 0.139. The Kier molecular flexibility index (Phi) is 9.26. The lowest BCUT2D eigenvalue weighted by Gasteiger charge is -2.30. The molecule has 0 aliphatic carbocycles. The summed E-state index contributed by atoms with van der Waals surface area (Å²) >= 11 is 0. The molecule has 0 amide bonds. The zero-order valence-electron chi connectivity index (χ0n) is 33.6. The predicted molar refractivity (Wildman–Crippen MR) is 261 cm³/mol. The lowest BCUT2D eigenvalue weighted by Crippen LogP contribution is -2.12. The minimum absolute atomic E-state index is 1.08. The molecule has 0 fully saturated rings. The average molecular weight is 776 g/mol. The summed E-state index contributed by atoms with van der Waals surface area (Å²) in [5.74, 6) is 0. The van der Waals surface area contributed by atoms with Crippen LogP contribution in [0, 0.1) is 0 Å². The number of fused-ring (bicyclic) bond motifs is 4. The lowest BCUT2D eigenvalue weighted by molar-refractivity contribution is 1.28. The van der Waals surface area contributed by atoms with Gasteiger partial charge in [0.1, 0.15) is 0 Å². The third-order valence-electron chi connectivity index (χ3n) is 12.1. The molecule has 0 saturated heterocycles. The van der Waals surface area contributed by atoms with Gasteiger partial charge in [0.05, 0.1) is 11.4 Å². The molecule has 286 valence electrons. The molecule has 0 atom stereocenters. The number of anilines is 3. The second-order valence-electron chi connectivity index (χ2n) is 15.7. The van der Waals surface area contributed by atoms with Crippen molar-refractivity contribution in [3.05, 3.63) is 249 Å². The van der Waals surface area contributed by atoms with Crippen LogP contribution in [-0.2, 0) is 0 Å². The van der Waals surface area contributed by atoms with Crippen molar-refractivity contribution in [1.82, 2.24) is 0 Å². The van der Waals surface area contributed by atoms with E-state index in [2.05, 4.69) is 254 Å². The molecule has 0 saturated carbocycles. The van der Waals surface area contributed by atoms with Crippen LogP contribution in [0.5, 0.6) is 0 Å². The first-order chi connectivity index (χ1) is 30.2. The van der Waals surface area contributed by atoms with Crippen molar-refractivity contribution in [3.8, 4) is 55.6 Å². The van der Waals surface area contributed by atoms with Gasteiger partial charge >= 0.3 is 0 Å². The van der Waals surface area contributed by atoms with Gasteiger partial charge < -0.3 is 4.90 Å². The van der Waals surface area contributed by atoms with Gasteiger partial charge in [-0.25, -0.2) is 0 Å². The van der Waals surface area contributed by atoms with Gasteiger partial charge in [0.15, 0.2) is 0 Å². The molecule has 0 aliphatic rings. The first-order valence-electron chi connectivity index (χ1n) is 21.0. The van der Waals surface area contributed by atoms with E-state index in [0.29, 0.717) is 0 Å². The summed E-state index contributed by atoms with van der Waals surface area (Å²) in [6.07, 6.45) is 0. The Hall–Kier alpha value is -8.00. The van der Waals surface area contributed by atoms with Crippen molar-refractivity contribution in [2.75, 3.05) is 4.90 Å². The van der Waals surface area contributed by atoms with Gasteiger partial charge in [-0.2, -0.15) is 0 Å². The Labute approximate surface area is 357 Å². The van der Waals surface area contributed by atoms with E-state index in [1.54, 1.807) is 0 Å². The highest BCUT2D eigenvalue weighted by Gasteiger charge is 2.22. The van der Waals surface area contributed by atoms with Gasteiger partial charge in [-0.05, 0) is 107 Å². The van der Waals surface area contributed by atoms with E-state index in [1.807, 2.05) is 0 Å². The average Bonchev–Trinajstić information content (AvgIpc) is 3.34. The highest BCUT2D eigenvalue weighted by Crippen LogP contribution is 2.47. The first-order valence-corrected chi connectivity index (χ1v) is 21.0. The van der Waals surface area contributed by atoms with Crippen LogP contribution in [0.3, 0.4) is 0 Å². The Morgan fingerprint density at radius 3 is 1.48 bits per heavy atom. The van der Waals surface area contributed by atoms with E-state index in [-0.39, 0.29) is 0 Å². The van der Waals surface area contributed by atoms with Crippen LogP contribution < -0.4 is 4.90 Å². The molecule has 0 unspecified atom stereocenters. The molecule has 0 heterocycles. The number of benzene rings is 11. The molecule has 11 rings (SSSR count). The molecular formula is C60H41N. The summed E-state index contributed by atoms with van der Waals surface area (Å²) < 4.78 is 0. The highest BCUT2D eigenvalue weighted by atomic mass is 15.1. The Morgan fingerprint density at radius 1 is 0.213 bits per heavy atom. The van der Waals surface area contributed by atoms with Crippen molar-refractivity contribution in [2.24, 2.45) is 0 Å². The third kappa shape index (κ3) is 6.83. The van der Waals surface area contributed by atoms with Gasteiger partial charge in [-0.1, -0.05) is 218 Å². The van der Waals surface area contributed by atoms with E-state index < -0.39 is 0 Å². The molecule has 61 heavy (non-hydrogen) atoms. The highest BCUT2D eigenvalue weighted by molar-refractivity contribution is 6.08. The number of hydrogen-bond acceptors (Lipinski definition) is 1. The fourth-order valence-electron chi connectivity index (χ4n) is 9.01. The minimum Gasteiger partial charge on any atom is -0.309 e. The standard InChI is InChI=1S/C60H41N/c1-3-14-42(15-4-1)43-26-28-48(29-27-43)57-23-11-12-25-59(57)61(52-36-32-44(33-37-52)49-34-38-56-50(40-49)31-30-47-19-8-10-22-54(47)56)60-41-51(35-39-58(60)46-16-5-2-6-17-46)55-24-13-20-45-18-7-9-21-53(45)55/h1-41H. The van der Waals surface area contributed by atoms with Gasteiger partial charge in [0.2, 0.25) is 0 Å². The second kappa shape index (κ2) is 15.6. The molecule has 0 radical (unpaired) electrons. The van der Waals surface area contributed by atoms with Crippen LogP contribution in [0.2, 0.25) is 0 Å². The molecule has 0 bridgehead atoms. The Balaban J connectivity index is 1.10. The van der Waals surface area contributed by atoms with Gasteiger partial charge in [0, 0.05) is 16.8 Å². The molecule has 1 nitrogen and oxygen atoms in total. The lowest BCUT2D eigenvalue weighted by atomic mass is 9.93. The van der Waals surface area contributed by atoms with E-state index >= 15 is 0 Å². The van der Waals surface area contributed by atoms with Crippen molar-refractivity contribution in [3.63, 3.8) is 0 Å². The van der Waals surface area contributed by atoms with E-state index in [4.69, 9.17) is 0 Å². The van der Waals surface area contributed by atoms with Crippen molar-refractivity contribution >= 4 is 49.4 Å². The molecule has 11 aromatic carbocycles. The molecular weight excluding hydrogens is 735 g/mol. The third-order valence-corrected chi connectivity index (χ3v) is 12.1. The Bertz CT molecular complexity index is 3330. The largest absolute Gasteiger partial charge is 0.309 e. The summed E-state index contributed by atoms with van der Waals surface area (Å²) in [6, 6.07) is 90.6. The van der Waals surface area contributed by atoms with Crippen LogP contribution in [0.4, 0.5) is 17.1 Å². The van der Waals surface area contributed by atoms with Gasteiger partial charge in [0.25, 0.3) is 0 Å². The maximum Gasteiger partial charge on any atom is 0.0546 e. The number of rotatable bonds is 8.